The average molecular weight is 274 g/mol. The first kappa shape index (κ1) is 14.0. The van der Waals surface area contributed by atoms with Gasteiger partial charge < -0.3 is 10.2 Å². The Labute approximate surface area is 122 Å². The Hall–Kier alpha value is -1.00. The molecule has 1 N–H and O–H groups in total. The molecule has 2 atom stereocenters. The van der Waals surface area contributed by atoms with E-state index in [9.17, 15) is 0 Å². The predicted octanol–water partition coefficient (Wildman–Crippen LogP) is 2.08. The zero-order valence-corrected chi connectivity index (χ0v) is 12.6. The highest BCUT2D eigenvalue weighted by molar-refractivity contribution is 5.01. The molecular weight excluding hydrogens is 248 g/mol. The number of hydrogen-bond acceptors (Lipinski definition) is 4. The molecule has 0 radical (unpaired) electrons. The van der Waals surface area contributed by atoms with Gasteiger partial charge in [0.2, 0.25) is 0 Å². The van der Waals surface area contributed by atoms with Crippen LogP contribution in [0.15, 0.2) is 18.3 Å². The number of piperidine rings is 1. The fourth-order valence-electron chi connectivity index (χ4n) is 3.88. The SMILES string of the molecule is CC(C)N1CC2CCCC(C1)C2NCc1cccnn1. The first-order valence-electron chi connectivity index (χ1n) is 7.98. The van der Waals surface area contributed by atoms with Gasteiger partial charge in [0, 0.05) is 37.9 Å². The summed E-state index contributed by atoms with van der Waals surface area (Å²) in [5.41, 5.74) is 1.05. The molecule has 2 heterocycles. The number of hydrogen-bond donors (Lipinski definition) is 1. The zero-order chi connectivity index (χ0) is 13.9. The summed E-state index contributed by atoms with van der Waals surface area (Å²) in [4.78, 5) is 2.66. The number of nitrogens with zero attached hydrogens (tertiary/aromatic N) is 3. The molecule has 4 nitrogen and oxygen atoms in total. The first-order chi connectivity index (χ1) is 9.74. The van der Waals surface area contributed by atoms with Gasteiger partial charge in [0.25, 0.3) is 0 Å². The quantitative estimate of drug-likeness (QED) is 0.912. The van der Waals surface area contributed by atoms with E-state index in [2.05, 4.69) is 40.3 Å². The van der Waals surface area contributed by atoms with Crippen molar-refractivity contribution in [2.24, 2.45) is 11.8 Å². The maximum atomic E-state index is 4.18. The molecule has 2 fully saturated rings. The third-order valence-corrected chi connectivity index (χ3v) is 4.98. The van der Waals surface area contributed by atoms with Crippen LogP contribution in [-0.4, -0.2) is 40.3 Å². The van der Waals surface area contributed by atoms with Crippen molar-refractivity contribution < 1.29 is 0 Å². The normalized spacial score (nSPS) is 30.6. The molecule has 4 heteroatoms. The van der Waals surface area contributed by atoms with Gasteiger partial charge in [-0.25, -0.2) is 0 Å². The molecule has 2 unspecified atom stereocenters. The van der Waals surface area contributed by atoms with E-state index in [1.807, 2.05) is 6.07 Å². The maximum Gasteiger partial charge on any atom is 0.0769 e. The van der Waals surface area contributed by atoms with Crippen LogP contribution < -0.4 is 5.32 Å². The lowest BCUT2D eigenvalue weighted by Crippen LogP contribution is -2.58. The van der Waals surface area contributed by atoms with Crippen LogP contribution in [0.1, 0.15) is 38.8 Å². The number of nitrogens with one attached hydrogen (secondary N) is 1. The van der Waals surface area contributed by atoms with Crippen molar-refractivity contribution in [3.8, 4) is 0 Å². The van der Waals surface area contributed by atoms with Crippen LogP contribution in [0.3, 0.4) is 0 Å². The largest absolute Gasteiger partial charge is 0.308 e. The van der Waals surface area contributed by atoms with Crippen molar-refractivity contribution in [3.05, 3.63) is 24.0 Å². The summed E-state index contributed by atoms with van der Waals surface area (Å²) in [7, 11) is 0. The van der Waals surface area contributed by atoms with Crippen molar-refractivity contribution >= 4 is 0 Å². The van der Waals surface area contributed by atoms with Crippen LogP contribution >= 0.6 is 0 Å². The van der Waals surface area contributed by atoms with Gasteiger partial charge in [0.15, 0.2) is 0 Å². The van der Waals surface area contributed by atoms with Crippen LogP contribution in [0.5, 0.6) is 0 Å². The van der Waals surface area contributed by atoms with Gasteiger partial charge in [0.1, 0.15) is 0 Å². The van der Waals surface area contributed by atoms with Gasteiger partial charge in [-0.2, -0.15) is 10.2 Å². The molecule has 1 aromatic rings. The Balaban J connectivity index is 1.62. The summed E-state index contributed by atoms with van der Waals surface area (Å²) in [5, 5.41) is 11.9. The van der Waals surface area contributed by atoms with E-state index in [1.54, 1.807) is 6.20 Å². The molecule has 2 aliphatic rings. The smallest absolute Gasteiger partial charge is 0.0769 e. The summed E-state index contributed by atoms with van der Waals surface area (Å²) < 4.78 is 0. The van der Waals surface area contributed by atoms with Crippen molar-refractivity contribution in [2.75, 3.05) is 13.1 Å². The van der Waals surface area contributed by atoms with E-state index in [1.165, 1.54) is 32.4 Å². The lowest BCUT2D eigenvalue weighted by atomic mass is 9.73. The molecule has 2 bridgehead atoms. The molecule has 1 aromatic heterocycles. The van der Waals surface area contributed by atoms with Gasteiger partial charge >= 0.3 is 0 Å². The highest BCUT2D eigenvalue weighted by atomic mass is 15.2. The van der Waals surface area contributed by atoms with Crippen LogP contribution in [-0.2, 0) is 6.54 Å². The lowest BCUT2D eigenvalue weighted by molar-refractivity contribution is 0.0288. The van der Waals surface area contributed by atoms with Crippen molar-refractivity contribution in [1.29, 1.82) is 0 Å². The fourth-order valence-corrected chi connectivity index (χ4v) is 3.88. The monoisotopic (exact) mass is 274 g/mol. The maximum absolute atomic E-state index is 4.18. The van der Waals surface area contributed by atoms with Gasteiger partial charge in [-0.05, 0) is 50.7 Å². The molecule has 110 valence electrons. The minimum Gasteiger partial charge on any atom is -0.308 e. The molecule has 1 saturated heterocycles. The molecular formula is C16H26N4. The van der Waals surface area contributed by atoms with Crippen LogP contribution in [0.2, 0.25) is 0 Å². The summed E-state index contributed by atoms with van der Waals surface area (Å²) in [6.07, 6.45) is 5.89. The minimum absolute atomic E-state index is 0.667. The second-order valence-corrected chi connectivity index (χ2v) is 6.62. The summed E-state index contributed by atoms with van der Waals surface area (Å²) in [6.45, 7) is 8.01. The van der Waals surface area contributed by atoms with Crippen LogP contribution in [0.4, 0.5) is 0 Å². The number of likely N-dealkylation sites (tertiary alicyclic amines) is 1. The topological polar surface area (TPSA) is 41.0 Å². The van der Waals surface area contributed by atoms with Crippen molar-refractivity contribution in [2.45, 2.75) is 51.7 Å². The number of aromatic nitrogens is 2. The number of fused-ring (bicyclic) bond motifs is 2. The number of rotatable bonds is 4. The van der Waals surface area contributed by atoms with E-state index in [0.29, 0.717) is 12.1 Å². The molecule has 1 aliphatic carbocycles. The Morgan fingerprint density at radius 1 is 1.30 bits per heavy atom. The Bertz CT molecular complexity index is 406. The van der Waals surface area contributed by atoms with E-state index >= 15 is 0 Å². The van der Waals surface area contributed by atoms with Crippen LogP contribution in [0.25, 0.3) is 0 Å². The molecule has 20 heavy (non-hydrogen) atoms. The van der Waals surface area contributed by atoms with Crippen molar-refractivity contribution in [3.63, 3.8) is 0 Å². The van der Waals surface area contributed by atoms with Crippen molar-refractivity contribution in [1.82, 2.24) is 20.4 Å². The first-order valence-corrected chi connectivity index (χ1v) is 7.98. The standard InChI is InChI=1S/C16H26N4/c1-12(2)20-10-13-5-3-6-14(11-20)16(13)17-9-15-7-4-8-18-19-15/h4,7-8,12-14,16-17H,3,5-6,9-11H2,1-2H3. The average Bonchev–Trinajstić information content (AvgIpc) is 2.45. The van der Waals surface area contributed by atoms with Gasteiger partial charge in [-0.1, -0.05) is 6.42 Å². The highest BCUT2D eigenvalue weighted by Gasteiger charge is 2.39. The second kappa shape index (κ2) is 6.19. The van der Waals surface area contributed by atoms with E-state index in [-0.39, 0.29) is 0 Å². The minimum atomic E-state index is 0.667. The van der Waals surface area contributed by atoms with Gasteiger partial charge in [-0.3, -0.25) is 0 Å². The third-order valence-electron chi connectivity index (χ3n) is 4.98. The van der Waals surface area contributed by atoms with E-state index in [4.69, 9.17) is 0 Å². The molecule has 3 rings (SSSR count). The predicted molar refractivity (Wildman–Crippen MR) is 80.2 cm³/mol. The fraction of sp³-hybridized carbons (Fsp3) is 0.750. The lowest BCUT2D eigenvalue weighted by Gasteiger charge is -2.49. The Morgan fingerprint density at radius 3 is 2.65 bits per heavy atom. The second-order valence-electron chi connectivity index (χ2n) is 6.62. The zero-order valence-electron chi connectivity index (χ0n) is 12.6. The summed E-state index contributed by atoms with van der Waals surface area (Å²) in [6, 6.07) is 5.37. The van der Waals surface area contributed by atoms with E-state index < -0.39 is 0 Å². The molecule has 1 aliphatic heterocycles. The molecule has 0 spiro atoms. The third kappa shape index (κ3) is 3.01. The molecule has 0 amide bonds. The summed E-state index contributed by atoms with van der Waals surface area (Å²) in [5.74, 6) is 1.61. The Kier molecular flexibility index (Phi) is 4.32. The molecule has 0 aromatic carbocycles. The van der Waals surface area contributed by atoms with Gasteiger partial charge in [-0.15, -0.1) is 0 Å². The van der Waals surface area contributed by atoms with E-state index in [0.717, 1.165) is 24.1 Å². The highest BCUT2D eigenvalue weighted by Crippen LogP contribution is 2.35. The summed E-state index contributed by atoms with van der Waals surface area (Å²) >= 11 is 0. The molecule has 1 saturated carbocycles. The van der Waals surface area contributed by atoms with Crippen LogP contribution in [0, 0.1) is 11.8 Å². The Morgan fingerprint density at radius 2 is 2.05 bits per heavy atom. The van der Waals surface area contributed by atoms with Gasteiger partial charge in [0.05, 0.1) is 5.69 Å².